The molecule has 1 atom stereocenters. The molecule has 0 radical (unpaired) electrons. The van der Waals surface area contributed by atoms with Crippen molar-refractivity contribution in [1.29, 1.82) is 0 Å². The molecule has 0 unspecified atom stereocenters. The molecule has 7 nitrogen and oxygen atoms in total. The highest BCUT2D eigenvalue weighted by Gasteiger charge is 2.29. The second kappa shape index (κ2) is 6.26. The van der Waals surface area contributed by atoms with E-state index in [2.05, 4.69) is 10.3 Å². The molecule has 1 aliphatic heterocycles. The van der Waals surface area contributed by atoms with Crippen molar-refractivity contribution in [3.63, 3.8) is 0 Å². The third kappa shape index (κ3) is 2.79. The van der Waals surface area contributed by atoms with Crippen molar-refractivity contribution in [3.8, 4) is 16.8 Å². The van der Waals surface area contributed by atoms with Crippen LogP contribution in [0.2, 0.25) is 10.2 Å². The molecule has 26 heavy (non-hydrogen) atoms. The van der Waals surface area contributed by atoms with E-state index in [1.807, 2.05) is 6.07 Å². The highest BCUT2D eigenvalue weighted by Crippen LogP contribution is 2.32. The average Bonchev–Trinajstić information content (AvgIpc) is 3.21. The molecule has 0 saturated heterocycles. The molecule has 1 aliphatic rings. The van der Waals surface area contributed by atoms with E-state index in [1.165, 1.54) is 15.3 Å². The molecular formula is C17H12Cl2N4O3. The van der Waals surface area contributed by atoms with Crippen LogP contribution in [0.25, 0.3) is 16.8 Å². The molecule has 9 heteroatoms. The molecule has 4 rings (SSSR count). The number of carboxylic acid groups (broad SMARTS) is 1. The van der Waals surface area contributed by atoms with Crippen LogP contribution in [-0.4, -0.2) is 30.6 Å². The molecule has 0 spiro atoms. The summed E-state index contributed by atoms with van der Waals surface area (Å²) in [5, 5.41) is 17.8. The highest BCUT2D eigenvalue weighted by atomic mass is 35.5. The number of rotatable bonds is 3. The first-order chi connectivity index (χ1) is 12.4. The molecule has 0 aliphatic carbocycles. The van der Waals surface area contributed by atoms with E-state index in [4.69, 9.17) is 23.2 Å². The molecule has 0 amide bonds. The number of carbonyl (C=O) groups is 1. The molecule has 0 fully saturated rings. The van der Waals surface area contributed by atoms with Gasteiger partial charge in [0.05, 0.1) is 11.9 Å². The zero-order valence-corrected chi connectivity index (χ0v) is 14.8. The summed E-state index contributed by atoms with van der Waals surface area (Å²) in [6.45, 7) is 0. The van der Waals surface area contributed by atoms with Gasteiger partial charge in [-0.1, -0.05) is 28.4 Å². The van der Waals surface area contributed by atoms with Gasteiger partial charge >= 0.3 is 5.97 Å². The normalized spacial score (nSPS) is 15.8. The Morgan fingerprint density at radius 1 is 1.23 bits per heavy atom. The van der Waals surface area contributed by atoms with Gasteiger partial charge in [-0.2, -0.15) is 0 Å². The maximum Gasteiger partial charge on any atom is 0.326 e. The topological polar surface area (TPSA) is 90.0 Å². The van der Waals surface area contributed by atoms with Crippen LogP contribution in [0.5, 0.6) is 0 Å². The molecule has 0 saturated carbocycles. The molecule has 2 aromatic heterocycles. The number of aromatic nitrogens is 4. The summed E-state index contributed by atoms with van der Waals surface area (Å²) >= 11 is 12.0. The molecule has 132 valence electrons. The lowest BCUT2D eigenvalue weighted by atomic mass is 10.0. The van der Waals surface area contributed by atoms with Gasteiger partial charge in [0.1, 0.15) is 6.04 Å². The van der Waals surface area contributed by atoms with Crippen molar-refractivity contribution < 1.29 is 9.90 Å². The monoisotopic (exact) mass is 390 g/mol. The van der Waals surface area contributed by atoms with Crippen LogP contribution in [0.3, 0.4) is 0 Å². The Labute approximate surface area is 157 Å². The summed E-state index contributed by atoms with van der Waals surface area (Å²) in [4.78, 5) is 23.9. The van der Waals surface area contributed by atoms with Gasteiger partial charge in [0.25, 0.3) is 5.56 Å². The van der Waals surface area contributed by atoms with Crippen LogP contribution < -0.4 is 5.56 Å². The third-order valence-corrected chi connectivity index (χ3v) is 4.81. The van der Waals surface area contributed by atoms with Crippen LogP contribution in [0.15, 0.2) is 41.3 Å². The summed E-state index contributed by atoms with van der Waals surface area (Å²) in [7, 11) is 0. The van der Waals surface area contributed by atoms with Gasteiger partial charge in [-0.15, -0.1) is 5.10 Å². The predicted octanol–water partition coefficient (Wildman–Crippen LogP) is 2.97. The Balaban J connectivity index is 1.90. The second-order valence-corrected chi connectivity index (χ2v) is 6.81. The minimum absolute atomic E-state index is 0.240. The number of carboxylic acids is 1. The minimum atomic E-state index is -1.00. The molecule has 1 aromatic carbocycles. The van der Waals surface area contributed by atoms with Crippen molar-refractivity contribution in [2.75, 3.05) is 0 Å². The van der Waals surface area contributed by atoms with E-state index in [1.54, 1.807) is 24.4 Å². The fourth-order valence-corrected chi connectivity index (χ4v) is 3.58. The van der Waals surface area contributed by atoms with Crippen LogP contribution >= 0.6 is 23.2 Å². The van der Waals surface area contributed by atoms with Gasteiger partial charge in [0.2, 0.25) is 0 Å². The van der Waals surface area contributed by atoms with Gasteiger partial charge in [-0.3, -0.25) is 9.36 Å². The Morgan fingerprint density at radius 2 is 2.04 bits per heavy atom. The average molecular weight is 391 g/mol. The molecule has 3 aromatic rings. The second-order valence-electron chi connectivity index (χ2n) is 5.98. The van der Waals surface area contributed by atoms with E-state index < -0.39 is 12.0 Å². The van der Waals surface area contributed by atoms with E-state index in [0.29, 0.717) is 40.4 Å². The highest BCUT2D eigenvalue weighted by molar-refractivity contribution is 6.31. The minimum Gasteiger partial charge on any atom is -0.480 e. The number of benzene rings is 1. The van der Waals surface area contributed by atoms with Gasteiger partial charge in [0, 0.05) is 22.3 Å². The van der Waals surface area contributed by atoms with Crippen LogP contribution in [0, 0.1) is 0 Å². The predicted molar refractivity (Wildman–Crippen MR) is 96.1 cm³/mol. The quantitative estimate of drug-likeness (QED) is 0.742. The number of nitrogens with zero attached hydrogens (tertiary/aromatic N) is 4. The molecule has 1 N–H and O–H groups in total. The molecular weight excluding hydrogens is 379 g/mol. The Hall–Kier alpha value is -2.64. The number of aliphatic carboxylic acids is 1. The SMILES string of the molecule is O=C(O)[C@@H]1CCc2cc(-c3cc(Cl)ccc3-n3cc(Cl)nn3)cc(=O)n21. The maximum atomic E-state index is 12.6. The number of aryl methyl sites for hydroxylation is 1. The molecule has 0 bridgehead atoms. The van der Waals surface area contributed by atoms with Crippen LogP contribution in [0.4, 0.5) is 0 Å². The third-order valence-electron chi connectivity index (χ3n) is 4.40. The van der Waals surface area contributed by atoms with E-state index in [9.17, 15) is 14.7 Å². The summed E-state index contributed by atoms with van der Waals surface area (Å²) in [6, 6.07) is 7.60. The fourth-order valence-electron chi connectivity index (χ4n) is 3.28. The van der Waals surface area contributed by atoms with Crippen molar-refractivity contribution in [2.45, 2.75) is 18.9 Å². The number of pyridine rings is 1. The summed E-state index contributed by atoms with van der Waals surface area (Å²) in [5.41, 5.74) is 2.30. The first-order valence-electron chi connectivity index (χ1n) is 7.80. The largest absolute Gasteiger partial charge is 0.480 e. The smallest absolute Gasteiger partial charge is 0.326 e. The Morgan fingerprint density at radius 3 is 2.73 bits per heavy atom. The fraction of sp³-hybridized carbons (Fsp3) is 0.176. The van der Waals surface area contributed by atoms with E-state index in [0.717, 1.165) is 0 Å². The summed E-state index contributed by atoms with van der Waals surface area (Å²) in [6.07, 6.45) is 2.47. The standard InChI is InChI=1S/C17H12Cl2N4O3/c18-10-1-3-13(22-8-15(19)20-21-22)12(7-10)9-5-11-2-4-14(17(25)26)23(11)16(24)6-9/h1,3,5-8,14H,2,4H2,(H,25,26)/t14-/m0/s1. The Bertz CT molecular complexity index is 1090. The first-order valence-corrected chi connectivity index (χ1v) is 8.56. The van der Waals surface area contributed by atoms with Crippen LogP contribution in [0.1, 0.15) is 18.2 Å². The number of hydrogen-bond acceptors (Lipinski definition) is 4. The number of halogens is 2. The first kappa shape index (κ1) is 16.8. The van der Waals surface area contributed by atoms with Gasteiger partial charge < -0.3 is 5.11 Å². The lowest BCUT2D eigenvalue weighted by Crippen LogP contribution is -2.27. The van der Waals surface area contributed by atoms with Gasteiger partial charge in [0.15, 0.2) is 5.15 Å². The zero-order valence-electron chi connectivity index (χ0n) is 13.3. The van der Waals surface area contributed by atoms with Crippen LogP contribution in [-0.2, 0) is 11.2 Å². The summed E-state index contributed by atoms with van der Waals surface area (Å²) in [5.74, 6) is -1.00. The van der Waals surface area contributed by atoms with E-state index >= 15 is 0 Å². The van der Waals surface area contributed by atoms with Crippen molar-refractivity contribution in [2.24, 2.45) is 0 Å². The summed E-state index contributed by atoms with van der Waals surface area (Å²) < 4.78 is 2.83. The zero-order chi connectivity index (χ0) is 18.4. The van der Waals surface area contributed by atoms with E-state index in [-0.39, 0.29) is 10.7 Å². The maximum absolute atomic E-state index is 12.6. The van der Waals surface area contributed by atoms with Gasteiger partial charge in [-0.05, 0) is 42.7 Å². The lowest BCUT2D eigenvalue weighted by molar-refractivity contribution is -0.140. The van der Waals surface area contributed by atoms with Gasteiger partial charge in [-0.25, -0.2) is 9.48 Å². The van der Waals surface area contributed by atoms with Crippen molar-refractivity contribution in [1.82, 2.24) is 19.6 Å². The number of hydrogen-bond donors (Lipinski definition) is 1. The Kier molecular flexibility index (Phi) is 4.05. The lowest BCUT2D eigenvalue weighted by Gasteiger charge is -2.13. The number of fused-ring (bicyclic) bond motifs is 1. The van der Waals surface area contributed by atoms with Crippen molar-refractivity contribution >= 4 is 29.2 Å². The molecule has 3 heterocycles. The van der Waals surface area contributed by atoms with Crippen molar-refractivity contribution in [3.05, 3.63) is 62.8 Å².